The van der Waals surface area contributed by atoms with Crippen LogP contribution in [0.15, 0.2) is 24.3 Å². The highest BCUT2D eigenvalue weighted by Crippen LogP contribution is 2.34. The molecule has 0 aliphatic rings. The van der Waals surface area contributed by atoms with Crippen molar-refractivity contribution >= 4 is 11.3 Å². The van der Waals surface area contributed by atoms with Gasteiger partial charge in [0.25, 0.3) is 0 Å². The third kappa shape index (κ3) is 3.14. The summed E-state index contributed by atoms with van der Waals surface area (Å²) in [6.07, 6.45) is 1.94. The lowest BCUT2D eigenvalue weighted by Gasteiger charge is -2.07. The quantitative estimate of drug-likeness (QED) is 0.876. The zero-order valence-electron chi connectivity index (χ0n) is 11.3. The molecule has 102 valence electrons. The summed E-state index contributed by atoms with van der Waals surface area (Å²) < 4.78 is 5.64. The number of aliphatic hydroxyl groups excluding tert-OH is 1. The minimum Gasteiger partial charge on any atom is -0.493 e. The van der Waals surface area contributed by atoms with Crippen LogP contribution < -0.4 is 4.74 Å². The number of nitrogens with zero attached hydrogens (tertiary/aromatic N) is 1. The molecule has 1 N–H and O–H groups in total. The van der Waals surface area contributed by atoms with Gasteiger partial charge >= 0.3 is 0 Å². The Balaban J connectivity index is 2.41. The van der Waals surface area contributed by atoms with Crippen LogP contribution in [0.1, 0.15) is 30.8 Å². The minimum atomic E-state index is 0.0593. The lowest BCUT2D eigenvalue weighted by atomic mass is 10.2. The van der Waals surface area contributed by atoms with Gasteiger partial charge in [0.15, 0.2) is 0 Å². The number of aryl methyl sites for hydroxylation is 1. The standard InChI is InChI=1S/C15H19NO2S/c1-3-7-12-14(10-17)19-15(16-12)11-8-5-6-9-13(11)18-4-2/h5-6,8-9,17H,3-4,7,10H2,1-2H3. The normalized spacial score (nSPS) is 10.7. The lowest BCUT2D eigenvalue weighted by molar-refractivity contribution is 0.284. The van der Waals surface area contributed by atoms with Gasteiger partial charge in [0.05, 0.1) is 29.3 Å². The largest absolute Gasteiger partial charge is 0.493 e. The second-order valence-electron chi connectivity index (χ2n) is 4.23. The summed E-state index contributed by atoms with van der Waals surface area (Å²) in [4.78, 5) is 5.62. The Morgan fingerprint density at radius 2 is 2.05 bits per heavy atom. The molecule has 0 spiro atoms. The molecule has 0 aliphatic carbocycles. The van der Waals surface area contributed by atoms with Gasteiger partial charge in [-0.3, -0.25) is 0 Å². The molecule has 1 heterocycles. The van der Waals surface area contributed by atoms with Crippen LogP contribution in [0.2, 0.25) is 0 Å². The van der Waals surface area contributed by atoms with E-state index in [1.807, 2.05) is 31.2 Å². The van der Waals surface area contributed by atoms with Crippen molar-refractivity contribution in [2.45, 2.75) is 33.3 Å². The van der Waals surface area contributed by atoms with E-state index in [-0.39, 0.29) is 6.61 Å². The van der Waals surface area contributed by atoms with Crippen molar-refractivity contribution in [2.75, 3.05) is 6.61 Å². The highest BCUT2D eigenvalue weighted by Gasteiger charge is 2.14. The Kier molecular flexibility index (Phi) is 4.93. The topological polar surface area (TPSA) is 42.4 Å². The van der Waals surface area contributed by atoms with Crippen LogP contribution in [-0.2, 0) is 13.0 Å². The highest BCUT2D eigenvalue weighted by atomic mass is 32.1. The molecular weight excluding hydrogens is 258 g/mol. The van der Waals surface area contributed by atoms with E-state index in [0.29, 0.717) is 6.61 Å². The Morgan fingerprint density at radius 3 is 2.74 bits per heavy atom. The second-order valence-corrected chi connectivity index (χ2v) is 5.31. The number of hydrogen-bond acceptors (Lipinski definition) is 4. The Morgan fingerprint density at radius 1 is 1.26 bits per heavy atom. The zero-order valence-corrected chi connectivity index (χ0v) is 12.2. The molecule has 1 aromatic heterocycles. The van der Waals surface area contributed by atoms with Crippen LogP contribution in [0.4, 0.5) is 0 Å². The molecule has 0 aliphatic heterocycles. The van der Waals surface area contributed by atoms with E-state index in [1.165, 1.54) is 0 Å². The van der Waals surface area contributed by atoms with Gasteiger partial charge in [0, 0.05) is 0 Å². The summed E-state index contributed by atoms with van der Waals surface area (Å²) in [6.45, 7) is 4.79. The molecular formula is C15H19NO2S. The summed E-state index contributed by atoms with van der Waals surface area (Å²) in [5, 5.41) is 10.3. The predicted molar refractivity (Wildman–Crippen MR) is 78.6 cm³/mol. The first-order valence-corrected chi connectivity index (χ1v) is 7.43. The molecule has 2 aromatic rings. The van der Waals surface area contributed by atoms with E-state index in [2.05, 4.69) is 11.9 Å². The van der Waals surface area contributed by atoms with E-state index < -0.39 is 0 Å². The Hall–Kier alpha value is -1.39. The first-order chi connectivity index (χ1) is 9.30. The first kappa shape index (κ1) is 14.0. The fraction of sp³-hybridized carbons (Fsp3) is 0.400. The molecule has 0 bridgehead atoms. The molecule has 0 radical (unpaired) electrons. The molecule has 0 atom stereocenters. The van der Waals surface area contributed by atoms with Gasteiger partial charge in [-0.2, -0.15) is 0 Å². The maximum atomic E-state index is 9.42. The third-order valence-electron chi connectivity index (χ3n) is 2.83. The van der Waals surface area contributed by atoms with Gasteiger partial charge in [-0.05, 0) is 25.5 Å². The number of ether oxygens (including phenoxy) is 1. The monoisotopic (exact) mass is 277 g/mol. The van der Waals surface area contributed by atoms with Gasteiger partial charge in [-0.15, -0.1) is 11.3 Å². The maximum absolute atomic E-state index is 9.42. The molecule has 1 aromatic carbocycles. The van der Waals surface area contributed by atoms with Crippen molar-refractivity contribution < 1.29 is 9.84 Å². The van der Waals surface area contributed by atoms with Crippen LogP contribution in [0.25, 0.3) is 10.6 Å². The minimum absolute atomic E-state index is 0.0593. The molecule has 3 nitrogen and oxygen atoms in total. The fourth-order valence-corrected chi connectivity index (χ4v) is 2.98. The Bertz CT molecular complexity index is 537. The molecule has 0 fully saturated rings. The average Bonchev–Trinajstić information content (AvgIpc) is 2.83. The smallest absolute Gasteiger partial charge is 0.129 e. The van der Waals surface area contributed by atoms with Gasteiger partial charge in [-0.25, -0.2) is 4.98 Å². The van der Waals surface area contributed by atoms with Gasteiger partial charge < -0.3 is 9.84 Å². The SMILES string of the molecule is CCCc1nc(-c2ccccc2OCC)sc1CO. The molecule has 4 heteroatoms. The molecule has 0 saturated heterocycles. The van der Waals surface area contributed by atoms with Crippen molar-refractivity contribution in [3.63, 3.8) is 0 Å². The predicted octanol–water partition coefficient (Wildman–Crippen LogP) is 3.65. The molecule has 0 saturated carbocycles. The second kappa shape index (κ2) is 6.68. The average molecular weight is 277 g/mol. The number of hydrogen-bond donors (Lipinski definition) is 1. The van der Waals surface area contributed by atoms with Gasteiger partial charge in [0.2, 0.25) is 0 Å². The lowest BCUT2D eigenvalue weighted by Crippen LogP contribution is -1.94. The van der Waals surface area contributed by atoms with Crippen molar-refractivity contribution in [3.05, 3.63) is 34.8 Å². The summed E-state index contributed by atoms with van der Waals surface area (Å²) in [6, 6.07) is 7.92. The summed E-state index contributed by atoms with van der Waals surface area (Å²) >= 11 is 1.55. The molecule has 19 heavy (non-hydrogen) atoms. The van der Waals surface area contributed by atoms with Gasteiger partial charge in [0.1, 0.15) is 10.8 Å². The van der Waals surface area contributed by atoms with Crippen molar-refractivity contribution in [1.82, 2.24) is 4.98 Å². The van der Waals surface area contributed by atoms with E-state index in [0.717, 1.165) is 39.7 Å². The number of aromatic nitrogens is 1. The summed E-state index contributed by atoms with van der Waals surface area (Å²) in [5.41, 5.74) is 2.02. The summed E-state index contributed by atoms with van der Waals surface area (Å²) in [7, 11) is 0. The number of para-hydroxylation sites is 1. The van der Waals surface area contributed by atoms with Gasteiger partial charge in [-0.1, -0.05) is 25.5 Å². The number of thiazole rings is 1. The van der Waals surface area contributed by atoms with Crippen LogP contribution in [0, 0.1) is 0 Å². The number of rotatable bonds is 6. The molecule has 2 rings (SSSR count). The molecule has 0 amide bonds. The van der Waals surface area contributed by atoms with E-state index in [4.69, 9.17) is 4.74 Å². The van der Waals surface area contributed by atoms with Crippen LogP contribution in [-0.4, -0.2) is 16.7 Å². The zero-order chi connectivity index (χ0) is 13.7. The van der Waals surface area contributed by atoms with E-state index >= 15 is 0 Å². The van der Waals surface area contributed by atoms with Crippen LogP contribution in [0.5, 0.6) is 5.75 Å². The highest BCUT2D eigenvalue weighted by molar-refractivity contribution is 7.15. The maximum Gasteiger partial charge on any atom is 0.129 e. The van der Waals surface area contributed by atoms with Crippen molar-refractivity contribution in [3.8, 4) is 16.3 Å². The van der Waals surface area contributed by atoms with Crippen molar-refractivity contribution in [1.29, 1.82) is 0 Å². The fourth-order valence-electron chi connectivity index (χ4n) is 1.98. The first-order valence-electron chi connectivity index (χ1n) is 6.61. The third-order valence-corrected chi connectivity index (χ3v) is 3.94. The van der Waals surface area contributed by atoms with Crippen LogP contribution in [0.3, 0.4) is 0 Å². The van der Waals surface area contributed by atoms with E-state index in [9.17, 15) is 5.11 Å². The van der Waals surface area contributed by atoms with Crippen LogP contribution >= 0.6 is 11.3 Å². The van der Waals surface area contributed by atoms with E-state index in [1.54, 1.807) is 11.3 Å². The Labute approximate surface area is 117 Å². The number of aliphatic hydroxyl groups is 1. The molecule has 0 unspecified atom stereocenters. The summed E-state index contributed by atoms with van der Waals surface area (Å²) in [5.74, 6) is 0.853. The number of benzene rings is 1. The van der Waals surface area contributed by atoms with Crippen molar-refractivity contribution in [2.24, 2.45) is 0 Å².